The number of halogens is 2. The van der Waals surface area contributed by atoms with Crippen molar-refractivity contribution in [3.05, 3.63) is 71.3 Å². The second kappa shape index (κ2) is 6.62. The van der Waals surface area contributed by atoms with Crippen LogP contribution in [0.3, 0.4) is 0 Å². The Morgan fingerprint density at radius 2 is 1.75 bits per heavy atom. The van der Waals surface area contributed by atoms with Crippen LogP contribution in [0.5, 0.6) is 0 Å². The predicted octanol–water partition coefficient (Wildman–Crippen LogP) is 4.03. The van der Waals surface area contributed by atoms with Gasteiger partial charge in [-0.3, -0.25) is 0 Å². The van der Waals surface area contributed by atoms with Crippen LogP contribution in [0, 0.1) is 11.6 Å². The van der Waals surface area contributed by atoms with Crippen molar-refractivity contribution in [1.82, 2.24) is 0 Å². The lowest BCUT2D eigenvalue weighted by molar-refractivity contribution is 0.498. The first-order chi connectivity index (χ1) is 9.61. The third-order valence-electron chi connectivity index (χ3n) is 3.65. The first-order valence-corrected chi connectivity index (χ1v) is 6.86. The summed E-state index contributed by atoms with van der Waals surface area (Å²) in [6.07, 6.45) is 1.19. The van der Waals surface area contributed by atoms with Gasteiger partial charge in [0, 0.05) is 6.04 Å². The van der Waals surface area contributed by atoms with E-state index in [2.05, 4.69) is 6.92 Å². The Morgan fingerprint density at radius 1 is 1.05 bits per heavy atom. The molecule has 106 valence electrons. The van der Waals surface area contributed by atoms with Crippen LogP contribution >= 0.6 is 0 Å². The molecule has 0 fully saturated rings. The number of rotatable bonds is 5. The van der Waals surface area contributed by atoms with Crippen molar-refractivity contribution in [2.45, 2.75) is 31.7 Å². The van der Waals surface area contributed by atoms with E-state index in [1.165, 1.54) is 6.07 Å². The molecule has 0 radical (unpaired) electrons. The van der Waals surface area contributed by atoms with Crippen molar-refractivity contribution in [2.24, 2.45) is 5.73 Å². The van der Waals surface area contributed by atoms with Crippen LogP contribution in [0.25, 0.3) is 0 Å². The van der Waals surface area contributed by atoms with Gasteiger partial charge in [0.2, 0.25) is 0 Å². The van der Waals surface area contributed by atoms with Crippen LogP contribution in [0.15, 0.2) is 48.5 Å². The van der Waals surface area contributed by atoms with Crippen molar-refractivity contribution in [3.63, 3.8) is 0 Å². The van der Waals surface area contributed by atoms with E-state index >= 15 is 0 Å². The van der Waals surface area contributed by atoms with Crippen molar-refractivity contribution >= 4 is 0 Å². The van der Waals surface area contributed by atoms with Gasteiger partial charge in [-0.2, -0.15) is 0 Å². The molecule has 0 heterocycles. The molecule has 0 aliphatic heterocycles. The summed E-state index contributed by atoms with van der Waals surface area (Å²) in [5.41, 5.74) is 7.70. The molecule has 2 aromatic carbocycles. The van der Waals surface area contributed by atoms with E-state index in [1.54, 1.807) is 0 Å². The largest absolute Gasteiger partial charge is 0.327 e. The lowest BCUT2D eigenvalue weighted by Gasteiger charge is -2.23. The number of benzene rings is 2. The van der Waals surface area contributed by atoms with Gasteiger partial charge in [-0.05, 0) is 48.1 Å². The molecule has 0 aliphatic rings. The van der Waals surface area contributed by atoms with Gasteiger partial charge >= 0.3 is 0 Å². The summed E-state index contributed by atoms with van der Waals surface area (Å²) in [4.78, 5) is 0. The first-order valence-electron chi connectivity index (χ1n) is 6.86. The molecular formula is C17H19F2N. The normalized spacial score (nSPS) is 14.0. The molecule has 2 aromatic rings. The Hall–Kier alpha value is -1.74. The second-order valence-electron chi connectivity index (χ2n) is 5.03. The Labute approximate surface area is 118 Å². The van der Waals surface area contributed by atoms with E-state index in [9.17, 15) is 8.78 Å². The number of hydrogen-bond acceptors (Lipinski definition) is 1. The standard InChI is InChI=1S/C17H19F2N/c1-2-15(12-6-4-3-5-7-12)17(20)11-13-10-14(18)8-9-16(13)19/h3-10,15,17H,2,11,20H2,1H3. The van der Waals surface area contributed by atoms with Crippen molar-refractivity contribution in [2.75, 3.05) is 0 Å². The molecule has 0 spiro atoms. The van der Waals surface area contributed by atoms with Crippen molar-refractivity contribution < 1.29 is 8.78 Å². The van der Waals surface area contributed by atoms with Gasteiger partial charge < -0.3 is 5.73 Å². The maximum absolute atomic E-state index is 13.7. The van der Waals surface area contributed by atoms with Gasteiger partial charge in [0.05, 0.1) is 0 Å². The molecule has 0 aromatic heterocycles. The lowest BCUT2D eigenvalue weighted by Crippen LogP contribution is -2.30. The van der Waals surface area contributed by atoms with Gasteiger partial charge in [-0.15, -0.1) is 0 Å². The maximum atomic E-state index is 13.7. The third kappa shape index (κ3) is 3.42. The molecule has 0 amide bonds. The summed E-state index contributed by atoms with van der Waals surface area (Å²) in [7, 11) is 0. The van der Waals surface area contributed by atoms with Crippen LogP contribution < -0.4 is 5.73 Å². The third-order valence-corrected chi connectivity index (χ3v) is 3.65. The molecule has 0 bridgehead atoms. The van der Waals surface area contributed by atoms with E-state index in [0.717, 1.165) is 24.1 Å². The zero-order chi connectivity index (χ0) is 14.5. The first kappa shape index (κ1) is 14.7. The monoisotopic (exact) mass is 275 g/mol. The van der Waals surface area contributed by atoms with Gasteiger partial charge in [-0.25, -0.2) is 8.78 Å². The zero-order valence-corrected chi connectivity index (χ0v) is 11.5. The zero-order valence-electron chi connectivity index (χ0n) is 11.5. The van der Waals surface area contributed by atoms with E-state index < -0.39 is 11.6 Å². The van der Waals surface area contributed by atoms with Gasteiger partial charge in [0.1, 0.15) is 11.6 Å². The topological polar surface area (TPSA) is 26.0 Å². The molecule has 2 unspecified atom stereocenters. The quantitative estimate of drug-likeness (QED) is 0.876. The minimum absolute atomic E-state index is 0.138. The summed E-state index contributed by atoms with van der Waals surface area (Å²) in [6, 6.07) is 13.2. The highest BCUT2D eigenvalue weighted by Gasteiger charge is 2.19. The Balaban J connectivity index is 2.17. The Morgan fingerprint density at radius 3 is 2.40 bits per heavy atom. The van der Waals surface area contributed by atoms with Crippen LogP contribution in [-0.2, 0) is 6.42 Å². The molecule has 2 rings (SSSR count). The van der Waals surface area contributed by atoms with E-state index in [0.29, 0.717) is 12.0 Å². The number of nitrogens with two attached hydrogens (primary N) is 1. The maximum Gasteiger partial charge on any atom is 0.126 e. The molecule has 0 aliphatic carbocycles. The van der Waals surface area contributed by atoms with E-state index in [-0.39, 0.29) is 12.0 Å². The molecule has 0 saturated heterocycles. The van der Waals surface area contributed by atoms with Crippen LogP contribution in [-0.4, -0.2) is 6.04 Å². The summed E-state index contributed by atoms with van der Waals surface area (Å²) in [6.45, 7) is 2.06. The lowest BCUT2D eigenvalue weighted by atomic mass is 9.86. The fourth-order valence-corrected chi connectivity index (χ4v) is 2.58. The minimum Gasteiger partial charge on any atom is -0.327 e. The molecule has 2 N–H and O–H groups in total. The second-order valence-corrected chi connectivity index (χ2v) is 5.03. The number of hydrogen-bond donors (Lipinski definition) is 1. The average Bonchev–Trinajstić information content (AvgIpc) is 2.45. The van der Waals surface area contributed by atoms with Crippen LogP contribution in [0.4, 0.5) is 8.78 Å². The van der Waals surface area contributed by atoms with Gasteiger partial charge in [0.15, 0.2) is 0 Å². The highest BCUT2D eigenvalue weighted by Crippen LogP contribution is 2.25. The smallest absolute Gasteiger partial charge is 0.126 e. The average molecular weight is 275 g/mol. The summed E-state index contributed by atoms with van der Waals surface area (Å²) in [5.74, 6) is -0.690. The Kier molecular flexibility index (Phi) is 4.85. The van der Waals surface area contributed by atoms with Gasteiger partial charge in [-0.1, -0.05) is 37.3 Å². The van der Waals surface area contributed by atoms with Crippen molar-refractivity contribution in [3.8, 4) is 0 Å². The minimum atomic E-state index is -0.429. The fourth-order valence-electron chi connectivity index (χ4n) is 2.58. The molecule has 20 heavy (non-hydrogen) atoms. The SMILES string of the molecule is CCC(c1ccccc1)C(N)Cc1cc(F)ccc1F. The highest BCUT2D eigenvalue weighted by molar-refractivity contribution is 5.24. The van der Waals surface area contributed by atoms with Crippen LogP contribution in [0.1, 0.15) is 30.4 Å². The summed E-state index contributed by atoms with van der Waals surface area (Å²) >= 11 is 0. The van der Waals surface area contributed by atoms with E-state index in [1.807, 2.05) is 30.3 Å². The molecule has 3 heteroatoms. The predicted molar refractivity (Wildman–Crippen MR) is 77.5 cm³/mol. The summed E-state index contributed by atoms with van der Waals surface area (Å²) in [5, 5.41) is 0. The molecule has 1 nitrogen and oxygen atoms in total. The summed E-state index contributed by atoms with van der Waals surface area (Å²) < 4.78 is 26.9. The highest BCUT2D eigenvalue weighted by atomic mass is 19.1. The molecular weight excluding hydrogens is 256 g/mol. The molecule has 2 atom stereocenters. The van der Waals surface area contributed by atoms with E-state index in [4.69, 9.17) is 5.73 Å². The Bertz CT molecular complexity index is 554. The molecule has 0 saturated carbocycles. The fraction of sp³-hybridized carbons (Fsp3) is 0.294. The van der Waals surface area contributed by atoms with Crippen LogP contribution in [0.2, 0.25) is 0 Å². The van der Waals surface area contributed by atoms with Crippen molar-refractivity contribution in [1.29, 1.82) is 0 Å². The van der Waals surface area contributed by atoms with Gasteiger partial charge in [0.25, 0.3) is 0 Å².